The third-order valence-electron chi connectivity index (χ3n) is 4.50. The van der Waals surface area contributed by atoms with Gasteiger partial charge in [-0.25, -0.2) is 0 Å². The van der Waals surface area contributed by atoms with E-state index in [1.807, 2.05) is 26.0 Å². The molecular weight excluding hydrogens is 362 g/mol. The maximum atomic E-state index is 12.3. The maximum absolute atomic E-state index is 12.3. The lowest BCUT2D eigenvalue weighted by Gasteiger charge is -2.14. The smallest absolute Gasteiger partial charge is 0.306 e. The van der Waals surface area contributed by atoms with E-state index in [9.17, 15) is 9.59 Å². The summed E-state index contributed by atoms with van der Waals surface area (Å²) in [6.07, 6.45) is -0.288. The molecule has 1 aromatic heterocycles. The second-order valence-electron chi connectivity index (χ2n) is 6.48. The van der Waals surface area contributed by atoms with Crippen LogP contribution in [0.3, 0.4) is 0 Å². The summed E-state index contributed by atoms with van der Waals surface area (Å²) < 4.78 is 17.4. The van der Waals surface area contributed by atoms with Gasteiger partial charge in [0.1, 0.15) is 0 Å². The van der Waals surface area contributed by atoms with Gasteiger partial charge in [-0.05, 0) is 44.9 Å². The highest BCUT2D eigenvalue weighted by Gasteiger charge is 2.21. The van der Waals surface area contributed by atoms with Gasteiger partial charge in [-0.2, -0.15) is 5.10 Å². The molecule has 1 aromatic carbocycles. The van der Waals surface area contributed by atoms with Gasteiger partial charge in [-0.1, -0.05) is 6.07 Å². The van der Waals surface area contributed by atoms with Gasteiger partial charge in [0.15, 0.2) is 17.6 Å². The first-order valence-corrected chi connectivity index (χ1v) is 8.98. The number of methoxy groups -OCH3 is 2. The number of rotatable bonds is 8. The van der Waals surface area contributed by atoms with Crippen LogP contribution in [0.25, 0.3) is 0 Å². The first-order valence-electron chi connectivity index (χ1n) is 8.98. The van der Waals surface area contributed by atoms with Crippen molar-refractivity contribution in [2.24, 2.45) is 7.05 Å². The quantitative estimate of drug-likeness (QED) is 0.698. The van der Waals surface area contributed by atoms with Crippen molar-refractivity contribution in [2.75, 3.05) is 19.5 Å². The molecule has 0 bridgehead atoms. The van der Waals surface area contributed by atoms with Crippen molar-refractivity contribution in [2.45, 2.75) is 39.7 Å². The Morgan fingerprint density at radius 2 is 1.86 bits per heavy atom. The fraction of sp³-hybridized carbons (Fsp3) is 0.450. The molecule has 152 valence electrons. The summed E-state index contributed by atoms with van der Waals surface area (Å²) in [6.45, 7) is 5.21. The number of aromatic nitrogens is 2. The van der Waals surface area contributed by atoms with Crippen LogP contribution < -0.4 is 14.8 Å². The van der Waals surface area contributed by atoms with Crippen molar-refractivity contribution in [3.05, 3.63) is 35.2 Å². The third kappa shape index (κ3) is 5.03. The molecule has 1 amide bonds. The molecule has 0 saturated carbocycles. The topological polar surface area (TPSA) is 91.7 Å². The maximum Gasteiger partial charge on any atom is 0.306 e. The number of ether oxygens (including phenoxy) is 3. The van der Waals surface area contributed by atoms with E-state index in [2.05, 4.69) is 10.4 Å². The van der Waals surface area contributed by atoms with Crippen LogP contribution in [0.15, 0.2) is 18.2 Å². The Kier molecular flexibility index (Phi) is 7.03. The lowest BCUT2D eigenvalue weighted by molar-refractivity contribution is -0.153. The molecule has 0 aliphatic rings. The van der Waals surface area contributed by atoms with E-state index in [0.717, 1.165) is 11.3 Å². The molecule has 0 aliphatic heterocycles. The number of nitrogens with one attached hydrogen (secondary N) is 1. The minimum atomic E-state index is -0.906. The summed E-state index contributed by atoms with van der Waals surface area (Å²) in [4.78, 5) is 24.5. The summed E-state index contributed by atoms with van der Waals surface area (Å²) in [5.74, 6) is 0.388. The van der Waals surface area contributed by atoms with E-state index in [0.29, 0.717) is 29.3 Å². The molecule has 0 saturated heterocycles. The number of anilines is 1. The number of benzene rings is 1. The average molecular weight is 389 g/mol. The van der Waals surface area contributed by atoms with E-state index in [1.54, 1.807) is 38.9 Å². The molecule has 8 heteroatoms. The minimum absolute atomic E-state index is 0.151. The van der Waals surface area contributed by atoms with Gasteiger partial charge in [-0.15, -0.1) is 0 Å². The number of hydrogen-bond donors (Lipinski definition) is 1. The lowest BCUT2D eigenvalue weighted by atomic mass is 10.1. The molecule has 8 nitrogen and oxygen atoms in total. The van der Waals surface area contributed by atoms with Gasteiger partial charge in [-0.3, -0.25) is 14.3 Å². The van der Waals surface area contributed by atoms with Crippen LogP contribution >= 0.6 is 0 Å². The van der Waals surface area contributed by atoms with Crippen LogP contribution in [0, 0.1) is 13.8 Å². The molecule has 2 aromatic rings. The molecule has 28 heavy (non-hydrogen) atoms. The number of hydrogen-bond acceptors (Lipinski definition) is 6. The van der Waals surface area contributed by atoms with E-state index < -0.39 is 18.0 Å². The van der Waals surface area contributed by atoms with Gasteiger partial charge in [0.25, 0.3) is 5.91 Å². The molecule has 2 rings (SSSR count). The second-order valence-corrected chi connectivity index (χ2v) is 6.48. The third-order valence-corrected chi connectivity index (χ3v) is 4.50. The largest absolute Gasteiger partial charge is 0.493 e. The molecule has 0 aliphatic carbocycles. The summed E-state index contributed by atoms with van der Waals surface area (Å²) in [5.41, 5.74) is 3.09. The number of carbonyl (C=O) groups is 2. The Morgan fingerprint density at radius 3 is 2.43 bits per heavy atom. The molecule has 1 unspecified atom stereocenters. The molecule has 1 heterocycles. The lowest BCUT2D eigenvalue weighted by Crippen LogP contribution is -2.30. The predicted octanol–water partition coefficient (Wildman–Crippen LogP) is 2.56. The van der Waals surface area contributed by atoms with E-state index in [1.165, 1.54) is 0 Å². The molecule has 1 N–H and O–H groups in total. The monoisotopic (exact) mass is 389 g/mol. The standard InChI is InChI=1S/C20H27N3O5/c1-12-19(13(2)23(4)22-12)21-20(25)14(3)28-18(24)10-8-15-7-9-16(26-5)17(11-15)27-6/h7,9,11,14H,8,10H2,1-6H3,(H,21,25). The van der Waals surface area contributed by atoms with Crippen molar-refractivity contribution in [3.8, 4) is 11.5 Å². The number of amides is 1. The Labute approximate surface area is 164 Å². The Hall–Kier alpha value is -3.03. The van der Waals surface area contributed by atoms with Crippen LogP contribution in [-0.4, -0.2) is 42.0 Å². The van der Waals surface area contributed by atoms with E-state index in [4.69, 9.17) is 14.2 Å². The van der Waals surface area contributed by atoms with Crippen LogP contribution in [0.5, 0.6) is 11.5 Å². The molecule has 0 fully saturated rings. The van der Waals surface area contributed by atoms with Gasteiger partial charge in [0, 0.05) is 13.5 Å². The van der Waals surface area contributed by atoms with Crippen molar-refractivity contribution in [1.82, 2.24) is 9.78 Å². The van der Waals surface area contributed by atoms with Gasteiger partial charge in [0.05, 0.1) is 31.3 Å². The van der Waals surface area contributed by atoms with Crippen LogP contribution in [0.1, 0.15) is 30.3 Å². The van der Waals surface area contributed by atoms with Crippen LogP contribution in [-0.2, 0) is 27.8 Å². The highest BCUT2D eigenvalue weighted by Crippen LogP contribution is 2.28. The van der Waals surface area contributed by atoms with Crippen molar-refractivity contribution >= 4 is 17.6 Å². The Balaban J connectivity index is 1.89. The molecule has 0 radical (unpaired) electrons. The normalized spacial score (nSPS) is 11.6. The van der Waals surface area contributed by atoms with E-state index >= 15 is 0 Å². The summed E-state index contributed by atoms with van der Waals surface area (Å²) in [6, 6.07) is 5.46. The summed E-state index contributed by atoms with van der Waals surface area (Å²) in [7, 11) is 4.92. The summed E-state index contributed by atoms with van der Waals surface area (Å²) in [5, 5.41) is 7.02. The molecule has 1 atom stereocenters. The number of aryl methyl sites for hydroxylation is 3. The van der Waals surface area contributed by atoms with Crippen molar-refractivity contribution < 1.29 is 23.8 Å². The first kappa shape index (κ1) is 21.3. The number of esters is 1. The Bertz CT molecular complexity index is 860. The predicted molar refractivity (Wildman–Crippen MR) is 105 cm³/mol. The Morgan fingerprint density at radius 1 is 1.18 bits per heavy atom. The average Bonchev–Trinajstić information content (AvgIpc) is 2.91. The number of nitrogens with zero attached hydrogens (tertiary/aromatic N) is 2. The van der Waals surface area contributed by atoms with Crippen LogP contribution in [0.2, 0.25) is 0 Å². The zero-order chi connectivity index (χ0) is 20.8. The SMILES string of the molecule is COc1ccc(CCC(=O)OC(C)C(=O)Nc2c(C)nn(C)c2C)cc1OC. The molecular formula is C20H27N3O5. The highest BCUT2D eigenvalue weighted by molar-refractivity contribution is 5.96. The first-order chi connectivity index (χ1) is 13.3. The van der Waals surface area contributed by atoms with Crippen molar-refractivity contribution in [1.29, 1.82) is 0 Å². The molecule has 0 spiro atoms. The number of carbonyl (C=O) groups excluding carboxylic acids is 2. The van der Waals surface area contributed by atoms with Gasteiger partial charge < -0.3 is 19.5 Å². The van der Waals surface area contributed by atoms with E-state index in [-0.39, 0.29) is 6.42 Å². The van der Waals surface area contributed by atoms with Gasteiger partial charge in [0.2, 0.25) is 0 Å². The zero-order valence-electron chi connectivity index (χ0n) is 17.2. The van der Waals surface area contributed by atoms with Gasteiger partial charge >= 0.3 is 5.97 Å². The fourth-order valence-electron chi connectivity index (χ4n) is 2.77. The van der Waals surface area contributed by atoms with Crippen molar-refractivity contribution in [3.63, 3.8) is 0 Å². The second kappa shape index (κ2) is 9.25. The highest BCUT2D eigenvalue weighted by atomic mass is 16.5. The fourth-order valence-corrected chi connectivity index (χ4v) is 2.77. The summed E-state index contributed by atoms with van der Waals surface area (Å²) >= 11 is 0. The zero-order valence-corrected chi connectivity index (χ0v) is 17.2. The van der Waals surface area contributed by atoms with Crippen LogP contribution in [0.4, 0.5) is 5.69 Å². The minimum Gasteiger partial charge on any atom is -0.493 e.